The van der Waals surface area contributed by atoms with Gasteiger partial charge >= 0.3 is 6.03 Å². The number of carbonyl (C=O) groups is 2. The van der Waals surface area contributed by atoms with Crippen LogP contribution in [0.1, 0.15) is 36.6 Å². The molecule has 0 spiro atoms. The molecule has 0 radical (unpaired) electrons. The van der Waals surface area contributed by atoms with Crippen LogP contribution in [0.2, 0.25) is 0 Å². The number of imide groups is 1. The van der Waals surface area contributed by atoms with Gasteiger partial charge in [-0.25, -0.2) is 4.79 Å². The van der Waals surface area contributed by atoms with Gasteiger partial charge in [0, 0.05) is 12.6 Å². The molecule has 0 unspecified atom stereocenters. The number of hydrogen-bond donors (Lipinski definition) is 2. The van der Waals surface area contributed by atoms with Crippen LogP contribution in [0.4, 0.5) is 4.79 Å². The molecule has 2 aromatic rings. The average molecular weight is 412 g/mol. The Labute approximate surface area is 177 Å². The van der Waals surface area contributed by atoms with E-state index in [-0.39, 0.29) is 24.5 Å². The summed E-state index contributed by atoms with van der Waals surface area (Å²) in [7, 11) is 3.24. The molecule has 0 fully saturated rings. The smallest absolute Gasteiger partial charge is 0.321 e. The molecule has 1 aliphatic heterocycles. The first-order valence-corrected chi connectivity index (χ1v) is 10.1. The highest BCUT2D eigenvalue weighted by molar-refractivity contribution is 5.95. The Bertz CT molecular complexity index is 899. The number of benzene rings is 2. The summed E-state index contributed by atoms with van der Waals surface area (Å²) >= 11 is 0. The molecule has 1 atom stereocenters. The summed E-state index contributed by atoms with van der Waals surface area (Å²) in [6.45, 7) is 4.48. The number of rotatable bonds is 6. The lowest BCUT2D eigenvalue weighted by molar-refractivity contribution is -0.121. The van der Waals surface area contributed by atoms with Crippen molar-refractivity contribution >= 4 is 11.9 Å². The summed E-state index contributed by atoms with van der Waals surface area (Å²) in [4.78, 5) is 26.6. The highest BCUT2D eigenvalue weighted by Gasteiger charge is 2.31. The molecule has 2 aromatic carbocycles. The lowest BCUT2D eigenvalue weighted by Gasteiger charge is -2.37. The SMILES string of the molecule is COc1cc2c(cc1OC)[C@H](c1ccccc1)N(CC(=O)NC(=O)NC(C)C)CC2. The maximum atomic E-state index is 12.6. The van der Waals surface area contributed by atoms with E-state index in [0.717, 1.165) is 23.1 Å². The van der Waals surface area contributed by atoms with Gasteiger partial charge in [0.05, 0.1) is 26.8 Å². The van der Waals surface area contributed by atoms with Gasteiger partial charge in [-0.05, 0) is 49.1 Å². The molecule has 30 heavy (non-hydrogen) atoms. The molecule has 3 rings (SSSR count). The number of amides is 3. The molecule has 160 valence electrons. The first-order valence-electron chi connectivity index (χ1n) is 10.1. The fourth-order valence-corrected chi connectivity index (χ4v) is 3.84. The van der Waals surface area contributed by atoms with Crippen molar-refractivity contribution in [2.45, 2.75) is 32.4 Å². The second kappa shape index (κ2) is 9.63. The number of nitrogens with zero attached hydrogens (tertiary/aromatic N) is 1. The number of nitrogens with one attached hydrogen (secondary N) is 2. The second-order valence-electron chi connectivity index (χ2n) is 7.62. The molecule has 0 aromatic heterocycles. The number of ether oxygens (including phenoxy) is 2. The Morgan fingerprint density at radius 3 is 2.40 bits per heavy atom. The van der Waals surface area contributed by atoms with Crippen LogP contribution in [-0.4, -0.2) is 50.2 Å². The molecule has 0 aliphatic carbocycles. The van der Waals surface area contributed by atoms with E-state index in [4.69, 9.17) is 9.47 Å². The zero-order valence-corrected chi connectivity index (χ0v) is 17.9. The number of hydrogen-bond acceptors (Lipinski definition) is 5. The third-order valence-electron chi connectivity index (χ3n) is 5.11. The van der Waals surface area contributed by atoms with Crippen molar-refractivity contribution in [2.75, 3.05) is 27.3 Å². The van der Waals surface area contributed by atoms with Crippen molar-refractivity contribution in [1.82, 2.24) is 15.5 Å². The van der Waals surface area contributed by atoms with Crippen molar-refractivity contribution in [2.24, 2.45) is 0 Å². The molecule has 0 saturated heterocycles. The van der Waals surface area contributed by atoms with E-state index >= 15 is 0 Å². The van der Waals surface area contributed by atoms with Crippen LogP contribution >= 0.6 is 0 Å². The third kappa shape index (κ3) is 4.91. The average Bonchev–Trinajstić information content (AvgIpc) is 2.72. The van der Waals surface area contributed by atoms with Crippen LogP contribution in [0, 0.1) is 0 Å². The van der Waals surface area contributed by atoms with Gasteiger partial charge in [-0.2, -0.15) is 0 Å². The van der Waals surface area contributed by atoms with Gasteiger partial charge in [0.1, 0.15) is 0 Å². The largest absolute Gasteiger partial charge is 0.493 e. The van der Waals surface area contributed by atoms with E-state index in [1.54, 1.807) is 14.2 Å². The topological polar surface area (TPSA) is 79.9 Å². The molecule has 1 aliphatic rings. The Hall–Kier alpha value is -3.06. The van der Waals surface area contributed by atoms with Crippen LogP contribution in [0.25, 0.3) is 0 Å². The van der Waals surface area contributed by atoms with E-state index in [2.05, 4.69) is 15.5 Å². The minimum atomic E-state index is -0.477. The second-order valence-corrected chi connectivity index (χ2v) is 7.62. The first kappa shape index (κ1) is 21.6. The summed E-state index contributed by atoms with van der Waals surface area (Å²) < 4.78 is 11.0. The number of urea groups is 1. The van der Waals surface area contributed by atoms with Crippen LogP contribution in [-0.2, 0) is 11.2 Å². The van der Waals surface area contributed by atoms with E-state index in [1.165, 1.54) is 0 Å². The lowest BCUT2D eigenvalue weighted by Crippen LogP contribution is -2.48. The Morgan fingerprint density at radius 2 is 1.77 bits per heavy atom. The van der Waals surface area contributed by atoms with Crippen molar-refractivity contribution in [3.05, 3.63) is 59.2 Å². The molecule has 1 heterocycles. The molecule has 3 amide bonds. The number of fused-ring (bicyclic) bond motifs is 1. The van der Waals surface area contributed by atoms with Gasteiger partial charge in [-0.1, -0.05) is 30.3 Å². The predicted molar refractivity (Wildman–Crippen MR) is 115 cm³/mol. The van der Waals surface area contributed by atoms with Crippen molar-refractivity contribution < 1.29 is 19.1 Å². The van der Waals surface area contributed by atoms with Crippen molar-refractivity contribution in [3.8, 4) is 11.5 Å². The number of methoxy groups -OCH3 is 2. The monoisotopic (exact) mass is 411 g/mol. The maximum absolute atomic E-state index is 12.6. The molecule has 0 saturated carbocycles. The molecule has 7 heteroatoms. The lowest BCUT2D eigenvalue weighted by atomic mass is 9.87. The quantitative estimate of drug-likeness (QED) is 0.764. The highest BCUT2D eigenvalue weighted by Crippen LogP contribution is 2.40. The minimum absolute atomic E-state index is 0.0424. The molecular formula is C23H29N3O4. The third-order valence-corrected chi connectivity index (χ3v) is 5.11. The highest BCUT2D eigenvalue weighted by atomic mass is 16.5. The van der Waals surface area contributed by atoms with Gasteiger partial charge in [0.2, 0.25) is 5.91 Å². The molecule has 2 N–H and O–H groups in total. The van der Waals surface area contributed by atoms with E-state index < -0.39 is 6.03 Å². The normalized spacial score (nSPS) is 16.0. The summed E-state index contributed by atoms with van der Waals surface area (Å²) in [5, 5.41) is 5.10. The maximum Gasteiger partial charge on any atom is 0.321 e. The Balaban J connectivity index is 1.91. The van der Waals surface area contributed by atoms with Gasteiger partial charge < -0.3 is 14.8 Å². The van der Waals surface area contributed by atoms with E-state index in [0.29, 0.717) is 18.0 Å². The minimum Gasteiger partial charge on any atom is -0.493 e. The van der Waals surface area contributed by atoms with Gasteiger partial charge in [0.25, 0.3) is 0 Å². The van der Waals surface area contributed by atoms with Crippen LogP contribution in [0.5, 0.6) is 11.5 Å². The Kier molecular flexibility index (Phi) is 6.95. The fraction of sp³-hybridized carbons (Fsp3) is 0.391. The van der Waals surface area contributed by atoms with Crippen LogP contribution in [0.3, 0.4) is 0 Å². The van der Waals surface area contributed by atoms with E-state index in [1.807, 2.05) is 56.3 Å². The zero-order chi connectivity index (χ0) is 21.7. The van der Waals surface area contributed by atoms with E-state index in [9.17, 15) is 9.59 Å². The molecule has 7 nitrogen and oxygen atoms in total. The van der Waals surface area contributed by atoms with Gasteiger partial charge in [-0.3, -0.25) is 15.0 Å². The molecule has 0 bridgehead atoms. The summed E-state index contributed by atoms with van der Waals surface area (Å²) in [5.74, 6) is 1.01. The number of carbonyl (C=O) groups excluding carboxylic acids is 2. The zero-order valence-electron chi connectivity index (χ0n) is 17.9. The Morgan fingerprint density at radius 1 is 1.10 bits per heavy atom. The van der Waals surface area contributed by atoms with Crippen LogP contribution in [0.15, 0.2) is 42.5 Å². The predicted octanol–water partition coefficient (Wildman–Crippen LogP) is 2.89. The molecular weight excluding hydrogens is 382 g/mol. The van der Waals surface area contributed by atoms with Crippen molar-refractivity contribution in [3.63, 3.8) is 0 Å². The standard InChI is InChI=1S/C23H29N3O4/c1-15(2)24-23(28)25-21(27)14-26-11-10-17-12-19(29-3)20(30-4)13-18(17)22(26)16-8-6-5-7-9-16/h5-9,12-13,15,22H,10-11,14H2,1-4H3,(H2,24,25,27,28)/t22-/m0/s1. The van der Waals surface area contributed by atoms with Crippen molar-refractivity contribution in [1.29, 1.82) is 0 Å². The van der Waals surface area contributed by atoms with Gasteiger partial charge in [0.15, 0.2) is 11.5 Å². The van der Waals surface area contributed by atoms with Gasteiger partial charge in [-0.15, -0.1) is 0 Å². The summed E-state index contributed by atoms with van der Waals surface area (Å²) in [6.07, 6.45) is 0.768. The fourth-order valence-electron chi connectivity index (χ4n) is 3.84. The first-order chi connectivity index (χ1) is 14.4. The van der Waals surface area contributed by atoms with Crippen LogP contribution < -0.4 is 20.1 Å². The summed E-state index contributed by atoms with van der Waals surface area (Å²) in [6, 6.07) is 13.4. The summed E-state index contributed by atoms with van der Waals surface area (Å²) in [5.41, 5.74) is 3.31.